The Bertz CT molecular complexity index is 594. The zero-order valence-electron chi connectivity index (χ0n) is 10.3. The number of alkyl halides is 4. The van der Waals surface area contributed by atoms with Crippen molar-refractivity contribution in [2.45, 2.75) is 18.0 Å². The summed E-state index contributed by atoms with van der Waals surface area (Å²) in [7, 11) is 0. The van der Waals surface area contributed by atoms with Gasteiger partial charge in [0, 0.05) is 5.02 Å². The molecule has 1 unspecified atom stereocenters. The zero-order valence-corrected chi connectivity index (χ0v) is 11.8. The van der Waals surface area contributed by atoms with Gasteiger partial charge in [-0.3, -0.25) is 0 Å². The largest absolute Gasteiger partial charge is 0.416 e. The standard InChI is InChI=1S/C15H11Cl2F3/c16-13-8-4-1-5-10(13)9-14(17)11-6-2-3-7-12(11)15(18,19)20/h1-8,14H,9H2. The van der Waals surface area contributed by atoms with Crippen molar-refractivity contribution in [3.63, 3.8) is 0 Å². The lowest BCUT2D eigenvalue weighted by Crippen LogP contribution is -2.11. The van der Waals surface area contributed by atoms with Crippen LogP contribution in [0.5, 0.6) is 0 Å². The molecule has 0 radical (unpaired) electrons. The summed E-state index contributed by atoms with van der Waals surface area (Å²) >= 11 is 12.2. The fraction of sp³-hybridized carbons (Fsp3) is 0.200. The molecule has 0 nitrogen and oxygen atoms in total. The Morgan fingerprint density at radius 2 is 1.55 bits per heavy atom. The maximum Gasteiger partial charge on any atom is 0.416 e. The van der Waals surface area contributed by atoms with Crippen molar-refractivity contribution in [1.82, 2.24) is 0 Å². The molecule has 0 aromatic heterocycles. The van der Waals surface area contributed by atoms with Gasteiger partial charge < -0.3 is 0 Å². The quantitative estimate of drug-likeness (QED) is 0.620. The Hall–Kier alpha value is -1.19. The predicted octanol–water partition coefficient (Wildman–Crippen LogP) is 5.88. The Morgan fingerprint density at radius 1 is 0.950 bits per heavy atom. The van der Waals surface area contributed by atoms with E-state index in [0.717, 1.165) is 11.6 Å². The highest BCUT2D eigenvalue weighted by Crippen LogP contribution is 2.38. The van der Waals surface area contributed by atoms with Crippen molar-refractivity contribution in [3.05, 3.63) is 70.2 Å². The van der Waals surface area contributed by atoms with Gasteiger partial charge in [0.15, 0.2) is 0 Å². The van der Waals surface area contributed by atoms with Crippen molar-refractivity contribution in [2.24, 2.45) is 0 Å². The van der Waals surface area contributed by atoms with Gasteiger partial charge in [-0.1, -0.05) is 48.0 Å². The monoisotopic (exact) mass is 318 g/mol. The van der Waals surface area contributed by atoms with Crippen molar-refractivity contribution in [1.29, 1.82) is 0 Å². The minimum absolute atomic E-state index is 0.0709. The first-order valence-electron chi connectivity index (χ1n) is 5.93. The molecule has 0 N–H and O–H groups in total. The molecule has 2 aromatic rings. The minimum atomic E-state index is -4.41. The topological polar surface area (TPSA) is 0 Å². The lowest BCUT2D eigenvalue weighted by molar-refractivity contribution is -0.138. The molecule has 0 saturated carbocycles. The summed E-state index contributed by atoms with van der Waals surface area (Å²) in [6.45, 7) is 0. The number of halogens is 5. The Balaban J connectivity index is 2.31. The van der Waals surface area contributed by atoms with Gasteiger partial charge in [0.2, 0.25) is 0 Å². The summed E-state index contributed by atoms with van der Waals surface area (Å²) in [5, 5.41) is -0.282. The number of benzene rings is 2. The van der Waals surface area contributed by atoms with Crippen molar-refractivity contribution < 1.29 is 13.2 Å². The molecule has 1 atom stereocenters. The van der Waals surface area contributed by atoms with Crippen LogP contribution in [0.15, 0.2) is 48.5 Å². The summed E-state index contributed by atoms with van der Waals surface area (Å²) in [6, 6.07) is 12.3. The molecule has 0 aliphatic heterocycles. The first-order chi connectivity index (χ1) is 9.39. The maximum atomic E-state index is 12.9. The Labute approximate surface area is 125 Å². The molecule has 0 spiro atoms. The van der Waals surface area contributed by atoms with E-state index in [4.69, 9.17) is 23.2 Å². The molecule has 0 aliphatic carbocycles. The molecular formula is C15H11Cl2F3. The normalized spacial score (nSPS) is 13.2. The third-order valence-corrected chi connectivity index (χ3v) is 3.72. The predicted molar refractivity (Wildman–Crippen MR) is 75.2 cm³/mol. The van der Waals surface area contributed by atoms with Crippen LogP contribution in [0.2, 0.25) is 5.02 Å². The highest BCUT2D eigenvalue weighted by molar-refractivity contribution is 6.31. The number of rotatable bonds is 3. The van der Waals surface area contributed by atoms with Gasteiger partial charge >= 0.3 is 6.18 Å². The fourth-order valence-electron chi connectivity index (χ4n) is 2.00. The fourth-order valence-corrected chi connectivity index (χ4v) is 2.56. The second-order valence-electron chi connectivity index (χ2n) is 4.35. The highest BCUT2D eigenvalue weighted by atomic mass is 35.5. The average molecular weight is 319 g/mol. The van der Waals surface area contributed by atoms with Crippen LogP contribution in [-0.2, 0) is 12.6 Å². The van der Waals surface area contributed by atoms with Crippen LogP contribution in [0.25, 0.3) is 0 Å². The SMILES string of the molecule is FC(F)(F)c1ccccc1C(Cl)Cc1ccccc1Cl. The molecule has 0 fully saturated rings. The van der Waals surface area contributed by atoms with E-state index in [-0.39, 0.29) is 12.0 Å². The highest BCUT2D eigenvalue weighted by Gasteiger charge is 2.34. The maximum absolute atomic E-state index is 12.9. The minimum Gasteiger partial charge on any atom is -0.166 e. The van der Waals surface area contributed by atoms with Gasteiger partial charge in [-0.2, -0.15) is 13.2 Å². The summed E-state index contributed by atoms with van der Waals surface area (Å²) in [5.41, 5.74) is 0.0970. The van der Waals surface area contributed by atoms with E-state index < -0.39 is 17.1 Å². The second-order valence-corrected chi connectivity index (χ2v) is 5.28. The molecule has 5 heteroatoms. The van der Waals surface area contributed by atoms with Gasteiger partial charge in [-0.25, -0.2) is 0 Å². The summed E-state index contributed by atoms with van der Waals surface area (Å²) in [4.78, 5) is 0. The van der Waals surface area contributed by atoms with E-state index in [0.29, 0.717) is 5.02 Å². The molecular weight excluding hydrogens is 308 g/mol. The van der Waals surface area contributed by atoms with E-state index in [1.54, 1.807) is 30.3 Å². The number of hydrogen-bond donors (Lipinski definition) is 0. The first kappa shape index (κ1) is 15.2. The van der Waals surface area contributed by atoms with Gasteiger partial charge in [0.1, 0.15) is 0 Å². The van der Waals surface area contributed by atoms with Crippen molar-refractivity contribution >= 4 is 23.2 Å². The lowest BCUT2D eigenvalue weighted by Gasteiger charge is -2.17. The molecule has 0 saturated heterocycles. The molecule has 0 heterocycles. The van der Waals surface area contributed by atoms with E-state index >= 15 is 0 Å². The average Bonchev–Trinajstić information content (AvgIpc) is 2.40. The third kappa shape index (κ3) is 3.47. The van der Waals surface area contributed by atoms with Crippen LogP contribution in [-0.4, -0.2) is 0 Å². The Morgan fingerprint density at radius 3 is 2.20 bits per heavy atom. The molecule has 20 heavy (non-hydrogen) atoms. The van der Waals surface area contributed by atoms with Crippen molar-refractivity contribution in [2.75, 3.05) is 0 Å². The van der Waals surface area contributed by atoms with Crippen LogP contribution in [0.3, 0.4) is 0 Å². The zero-order chi connectivity index (χ0) is 14.8. The van der Waals surface area contributed by atoms with Crippen LogP contribution in [0.1, 0.15) is 22.1 Å². The van der Waals surface area contributed by atoms with Crippen LogP contribution in [0, 0.1) is 0 Å². The van der Waals surface area contributed by atoms with Crippen LogP contribution < -0.4 is 0 Å². The molecule has 2 aromatic carbocycles. The van der Waals surface area contributed by atoms with E-state index in [2.05, 4.69) is 0 Å². The summed E-state index contributed by atoms with van der Waals surface area (Å²) < 4.78 is 38.8. The first-order valence-corrected chi connectivity index (χ1v) is 6.74. The third-order valence-electron chi connectivity index (χ3n) is 2.96. The molecule has 106 valence electrons. The van der Waals surface area contributed by atoms with Gasteiger partial charge in [-0.15, -0.1) is 11.6 Å². The van der Waals surface area contributed by atoms with E-state index in [1.807, 2.05) is 0 Å². The van der Waals surface area contributed by atoms with Crippen LogP contribution >= 0.6 is 23.2 Å². The van der Waals surface area contributed by atoms with Crippen molar-refractivity contribution in [3.8, 4) is 0 Å². The molecule has 0 bridgehead atoms. The van der Waals surface area contributed by atoms with Crippen LogP contribution in [0.4, 0.5) is 13.2 Å². The van der Waals surface area contributed by atoms with E-state index in [1.165, 1.54) is 12.1 Å². The lowest BCUT2D eigenvalue weighted by atomic mass is 9.99. The van der Waals surface area contributed by atoms with Gasteiger partial charge in [0.25, 0.3) is 0 Å². The molecule has 2 rings (SSSR count). The summed E-state index contributed by atoms with van der Waals surface area (Å²) in [6.07, 6.45) is -4.17. The summed E-state index contributed by atoms with van der Waals surface area (Å²) in [5.74, 6) is 0. The number of hydrogen-bond acceptors (Lipinski definition) is 0. The van der Waals surface area contributed by atoms with Gasteiger partial charge in [0.05, 0.1) is 10.9 Å². The van der Waals surface area contributed by atoms with E-state index in [9.17, 15) is 13.2 Å². The molecule has 0 amide bonds. The second kappa shape index (κ2) is 6.06. The Kier molecular flexibility index (Phi) is 4.61. The molecule has 0 aliphatic rings. The smallest absolute Gasteiger partial charge is 0.166 e. The van der Waals surface area contributed by atoms with Gasteiger partial charge in [-0.05, 0) is 29.7 Å².